The minimum absolute atomic E-state index is 0.0134. The first-order chi connectivity index (χ1) is 4.16. The van der Waals surface area contributed by atoms with Crippen LogP contribution in [0.1, 0.15) is 20.3 Å². The van der Waals surface area contributed by atoms with Crippen LogP contribution in [0.25, 0.3) is 0 Å². The maximum Gasteiger partial charge on any atom is 0.155 e. The molecule has 0 aliphatic carbocycles. The van der Waals surface area contributed by atoms with E-state index >= 15 is 0 Å². The van der Waals surface area contributed by atoms with Crippen molar-refractivity contribution in [2.75, 3.05) is 0 Å². The Morgan fingerprint density at radius 1 is 1.78 bits per heavy atom. The average Bonchev–Trinajstić information content (AvgIpc) is 1.83. The summed E-state index contributed by atoms with van der Waals surface area (Å²) in [5.41, 5.74) is 5.36. The highest BCUT2D eigenvalue weighted by molar-refractivity contribution is 5.89. The highest BCUT2D eigenvalue weighted by Gasteiger charge is 1.89. The van der Waals surface area contributed by atoms with Gasteiger partial charge in [-0.2, -0.15) is 0 Å². The molecule has 0 rings (SSSR count). The Morgan fingerprint density at radius 2 is 2.33 bits per heavy atom. The van der Waals surface area contributed by atoms with Crippen LogP contribution >= 0.6 is 0 Å². The lowest BCUT2D eigenvalue weighted by atomic mass is 10.2. The maximum atomic E-state index is 10.6. The summed E-state index contributed by atoms with van der Waals surface area (Å²) in [7, 11) is 0. The minimum atomic E-state index is -0.0134. The number of hydrogen-bond donors (Lipinski definition) is 1. The SMILES string of the molecule is CCC(=O)/C=C/C(C)N. The highest BCUT2D eigenvalue weighted by atomic mass is 16.1. The quantitative estimate of drug-likeness (QED) is 0.571. The molecule has 0 aromatic rings. The molecular formula is C7H13NO. The summed E-state index contributed by atoms with van der Waals surface area (Å²) in [4.78, 5) is 10.6. The number of ketones is 1. The minimum Gasteiger partial charge on any atom is -0.325 e. The molecule has 0 saturated heterocycles. The normalized spacial score (nSPS) is 14.1. The molecule has 2 nitrogen and oxygen atoms in total. The van der Waals surface area contributed by atoms with Gasteiger partial charge in [0.15, 0.2) is 5.78 Å². The van der Waals surface area contributed by atoms with Crippen molar-refractivity contribution in [1.29, 1.82) is 0 Å². The Kier molecular flexibility index (Phi) is 3.97. The van der Waals surface area contributed by atoms with Crippen LogP contribution in [0.5, 0.6) is 0 Å². The molecule has 52 valence electrons. The second kappa shape index (κ2) is 4.27. The van der Waals surface area contributed by atoms with E-state index in [9.17, 15) is 4.79 Å². The monoisotopic (exact) mass is 127 g/mol. The summed E-state index contributed by atoms with van der Waals surface area (Å²) in [6, 6.07) is -0.0134. The molecule has 2 N–H and O–H groups in total. The van der Waals surface area contributed by atoms with Gasteiger partial charge in [0, 0.05) is 12.5 Å². The van der Waals surface area contributed by atoms with Crippen LogP contribution in [0.15, 0.2) is 12.2 Å². The Hall–Kier alpha value is -0.630. The van der Waals surface area contributed by atoms with E-state index in [0.29, 0.717) is 6.42 Å². The maximum absolute atomic E-state index is 10.6. The van der Waals surface area contributed by atoms with Gasteiger partial charge in [0.2, 0.25) is 0 Å². The molecule has 0 aliphatic heterocycles. The molecule has 0 aromatic heterocycles. The molecule has 9 heavy (non-hydrogen) atoms. The Labute approximate surface area is 55.7 Å². The average molecular weight is 127 g/mol. The first-order valence-corrected chi connectivity index (χ1v) is 3.13. The summed E-state index contributed by atoms with van der Waals surface area (Å²) in [6.45, 7) is 3.66. The molecule has 0 bridgehead atoms. The summed E-state index contributed by atoms with van der Waals surface area (Å²) < 4.78 is 0. The lowest BCUT2D eigenvalue weighted by molar-refractivity contribution is -0.114. The van der Waals surface area contributed by atoms with Crippen LogP contribution < -0.4 is 5.73 Å². The number of hydrogen-bond acceptors (Lipinski definition) is 2. The Bertz CT molecular complexity index is 116. The topological polar surface area (TPSA) is 43.1 Å². The molecule has 0 aliphatic rings. The van der Waals surface area contributed by atoms with Crippen molar-refractivity contribution >= 4 is 5.78 Å². The summed E-state index contributed by atoms with van der Waals surface area (Å²) in [6.07, 6.45) is 3.79. The second-order valence-electron chi connectivity index (χ2n) is 2.04. The van der Waals surface area contributed by atoms with Gasteiger partial charge in [-0.3, -0.25) is 4.79 Å². The van der Waals surface area contributed by atoms with Crippen LogP contribution in [-0.4, -0.2) is 11.8 Å². The van der Waals surface area contributed by atoms with E-state index in [-0.39, 0.29) is 11.8 Å². The van der Waals surface area contributed by atoms with E-state index < -0.39 is 0 Å². The standard InChI is InChI=1S/C7H13NO/c1-3-7(9)5-4-6(2)8/h4-6H,3,8H2,1-2H3/b5-4+. The zero-order valence-corrected chi connectivity index (χ0v) is 5.92. The van der Waals surface area contributed by atoms with Crippen LogP contribution in [-0.2, 0) is 4.79 Å². The fourth-order valence-corrected chi connectivity index (χ4v) is 0.377. The van der Waals surface area contributed by atoms with E-state index in [1.54, 1.807) is 6.08 Å². The first-order valence-electron chi connectivity index (χ1n) is 3.13. The largest absolute Gasteiger partial charge is 0.325 e. The van der Waals surface area contributed by atoms with Gasteiger partial charge in [-0.05, 0) is 13.0 Å². The van der Waals surface area contributed by atoms with Crippen molar-refractivity contribution < 1.29 is 4.79 Å². The van der Waals surface area contributed by atoms with Crippen molar-refractivity contribution in [2.24, 2.45) is 5.73 Å². The smallest absolute Gasteiger partial charge is 0.155 e. The molecule has 1 unspecified atom stereocenters. The number of allylic oxidation sites excluding steroid dienone is 1. The highest BCUT2D eigenvalue weighted by Crippen LogP contribution is 1.84. The van der Waals surface area contributed by atoms with E-state index in [0.717, 1.165) is 0 Å². The second-order valence-corrected chi connectivity index (χ2v) is 2.04. The van der Waals surface area contributed by atoms with Gasteiger partial charge >= 0.3 is 0 Å². The first kappa shape index (κ1) is 8.37. The van der Waals surface area contributed by atoms with E-state index in [1.165, 1.54) is 6.08 Å². The number of rotatable bonds is 3. The van der Waals surface area contributed by atoms with E-state index in [1.807, 2.05) is 13.8 Å². The molecule has 0 amide bonds. The molecule has 0 radical (unpaired) electrons. The van der Waals surface area contributed by atoms with Crippen molar-refractivity contribution in [3.63, 3.8) is 0 Å². The predicted molar refractivity (Wildman–Crippen MR) is 38.1 cm³/mol. The van der Waals surface area contributed by atoms with Crippen LogP contribution in [0.2, 0.25) is 0 Å². The van der Waals surface area contributed by atoms with Gasteiger partial charge < -0.3 is 5.73 Å². The molecule has 1 atom stereocenters. The number of nitrogens with two attached hydrogens (primary N) is 1. The molecule has 0 aromatic carbocycles. The lowest BCUT2D eigenvalue weighted by Crippen LogP contribution is -2.10. The number of carbonyl (C=O) groups excluding carboxylic acids is 1. The van der Waals surface area contributed by atoms with Gasteiger partial charge in [-0.15, -0.1) is 0 Å². The van der Waals surface area contributed by atoms with Crippen molar-refractivity contribution in [3.05, 3.63) is 12.2 Å². The van der Waals surface area contributed by atoms with Gasteiger partial charge in [0.05, 0.1) is 0 Å². The number of carbonyl (C=O) groups is 1. The van der Waals surface area contributed by atoms with Crippen LogP contribution in [0.3, 0.4) is 0 Å². The Morgan fingerprint density at radius 3 is 2.67 bits per heavy atom. The third kappa shape index (κ3) is 5.24. The molecule has 0 saturated carbocycles. The molecule has 0 heterocycles. The van der Waals surface area contributed by atoms with Gasteiger partial charge in [-0.25, -0.2) is 0 Å². The fourth-order valence-electron chi connectivity index (χ4n) is 0.377. The zero-order chi connectivity index (χ0) is 7.28. The van der Waals surface area contributed by atoms with Crippen LogP contribution in [0, 0.1) is 0 Å². The Balaban J connectivity index is 3.57. The van der Waals surface area contributed by atoms with Gasteiger partial charge in [0.1, 0.15) is 0 Å². The summed E-state index contributed by atoms with van der Waals surface area (Å²) in [5.74, 6) is 0.132. The van der Waals surface area contributed by atoms with Gasteiger partial charge in [0.25, 0.3) is 0 Å². The van der Waals surface area contributed by atoms with Crippen molar-refractivity contribution in [1.82, 2.24) is 0 Å². The molecular weight excluding hydrogens is 114 g/mol. The molecule has 2 heteroatoms. The molecule has 0 spiro atoms. The van der Waals surface area contributed by atoms with Crippen LogP contribution in [0.4, 0.5) is 0 Å². The third-order valence-electron chi connectivity index (χ3n) is 0.934. The van der Waals surface area contributed by atoms with Crippen molar-refractivity contribution in [2.45, 2.75) is 26.3 Å². The van der Waals surface area contributed by atoms with E-state index in [2.05, 4.69) is 0 Å². The fraction of sp³-hybridized carbons (Fsp3) is 0.571. The molecule has 0 fully saturated rings. The summed E-state index contributed by atoms with van der Waals surface area (Å²) in [5, 5.41) is 0. The predicted octanol–water partition coefficient (Wildman–Crippen LogP) is 0.869. The summed E-state index contributed by atoms with van der Waals surface area (Å²) >= 11 is 0. The zero-order valence-electron chi connectivity index (χ0n) is 5.92. The van der Waals surface area contributed by atoms with Crippen molar-refractivity contribution in [3.8, 4) is 0 Å². The van der Waals surface area contributed by atoms with E-state index in [4.69, 9.17) is 5.73 Å². The van der Waals surface area contributed by atoms with Gasteiger partial charge in [-0.1, -0.05) is 13.0 Å². The lowest BCUT2D eigenvalue weighted by Gasteiger charge is -1.91. The third-order valence-corrected chi connectivity index (χ3v) is 0.934.